The van der Waals surface area contributed by atoms with Gasteiger partial charge >= 0.3 is 5.97 Å². The van der Waals surface area contributed by atoms with E-state index in [1.54, 1.807) is 24.3 Å². The topological polar surface area (TPSA) is 78.7 Å². The van der Waals surface area contributed by atoms with Gasteiger partial charge in [0, 0.05) is 12.1 Å². The van der Waals surface area contributed by atoms with Gasteiger partial charge in [-0.05, 0) is 36.4 Å². The monoisotopic (exact) mass is 297 g/mol. The Morgan fingerprint density at radius 2 is 1.64 bits per heavy atom. The second-order valence-electron chi connectivity index (χ2n) is 4.16. The van der Waals surface area contributed by atoms with Crippen LogP contribution >= 0.6 is 0 Å². The number of hydrogen-bond donors (Lipinski definition) is 0. The van der Waals surface area contributed by atoms with Gasteiger partial charge in [-0.3, -0.25) is 10.1 Å². The Bertz CT molecular complexity index is 714. The largest absolute Gasteiger partial charge is 0.457 e. The third-order valence-electron chi connectivity index (χ3n) is 2.66. The molecular weight excluding hydrogens is 286 g/mol. The normalized spacial score (nSPS) is 9.59. The van der Waals surface area contributed by atoms with Crippen molar-refractivity contribution in [2.24, 2.45) is 0 Å². The van der Waals surface area contributed by atoms with Gasteiger partial charge in [0.1, 0.15) is 11.5 Å². The molecule has 110 valence electrons. The SMILES string of the molecule is C#CCOC(=O)c1ccc(Oc2ccc([N+](=O)[O-])cc2)cc1. The van der Waals surface area contributed by atoms with Crippen molar-refractivity contribution in [3.63, 3.8) is 0 Å². The van der Waals surface area contributed by atoms with Crippen molar-refractivity contribution in [1.82, 2.24) is 0 Å². The third kappa shape index (κ3) is 3.84. The number of esters is 1. The summed E-state index contributed by atoms with van der Waals surface area (Å²) in [7, 11) is 0. The van der Waals surface area contributed by atoms with Gasteiger partial charge in [0.15, 0.2) is 6.61 Å². The molecule has 0 radical (unpaired) electrons. The first-order valence-corrected chi connectivity index (χ1v) is 6.23. The number of hydrogen-bond acceptors (Lipinski definition) is 5. The van der Waals surface area contributed by atoms with E-state index in [1.165, 1.54) is 24.3 Å². The maximum Gasteiger partial charge on any atom is 0.339 e. The lowest BCUT2D eigenvalue weighted by molar-refractivity contribution is -0.384. The fraction of sp³-hybridized carbons (Fsp3) is 0.0625. The van der Waals surface area contributed by atoms with E-state index in [9.17, 15) is 14.9 Å². The minimum atomic E-state index is -0.514. The number of benzene rings is 2. The molecule has 0 unspecified atom stereocenters. The van der Waals surface area contributed by atoms with E-state index in [1.807, 2.05) is 0 Å². The van der Waals surface area contributed by atoms with Crippen molar-refractivity contribution in [2.45, 2.75) is 0 Å². The molecule has 0 N–H and O–H groups in total. The molecule has 0 aromatic heterocycles. The number of ether oxygens (including phenoxy) is 2. The highest BCUT2D eigenvalue weighted by Gasteiger charge is 2.08. The predicted octanol–water partition coefficient (Wildman–Crippen LogP) is 3.18. The smallest absolute Gasteiger partial charge is 0.339 e. The Kier molecular flexibility index (Phi) is 4.73. The van der Waals surface area contributed by atoms with Gasteiger partial charge < -0.3 is 9.47 Å². The predicted molar refractivity (Wildman–Crippen MR) is 78.7 cm³/mol. The van der Waals surface area contributed by atoms with Crippen molar-refractivity contribution < 1.29 is 19.2 Å². The van der Waals surface area contributed by atoms with Crippen LogP contribution in [0.4, 0.5) is 5.69 Å². The molecule has 2 aromatic carbocycles. The summed E-state index contributed by atoms with van der Waals surface area (Å²) in [5.41, 5.74) is 0.338. The van der Waals surface area contributed by atoms with Crippen LogP contribution in [0.2, 0.25) is 0 Å². The lowest BCUT2D eigenvalue weighted by Gasteiger charge is -2.06. The molecule has 6 heteroatoms. The zero-order chi connectivity index (χ0) is 15.9. The highest BCUT2D eigenvalue weighted by atomic mass is 16.6. The average Bonchev–Trinajstić information content (AvgIpc) is 2.54. The maximum atomic E-state index is 11.6. The molecule has 0 heterocycles. The molecule has 0 saturated carbocycles. The van der Waals surface area contributed by atoms with Crippen LogP contribution in [0, 0.1) is 22.5 Å². The zero-order valence-electron chi connectivity index (χ0n) is 11.4. The van der Waals surface area contributed by atoms with E-state index in [0.29, 0.717) is 17.1 Å². The van der Waals surface area contributed by atoms with Crippen LogP contribution in [0.5, 0.6) is 11.5 Å². The van der Waals surface area contributed by atoms with Gasteiger partial charge in [0.25, 0.3) is 5.69 Å². The van der Waals surface area contributed by atoms with Gasteiger partial charge in [-0.2, -0.15) is 0 Å². The van der Waals surface area contributed by atoms with Crippen LogP contribution in [0.15, 0.2) is 48.5 Å². The number of non-ortho nitro benzene ring substituents is 1. The molecule has 0 amide bonds. The van der Waals surface area contributed by atoms with E-state index < -0.39 is 10.9 Å². The number of rotatable bonds is 5. The highest BCUT2D eigenvalue weighted by Crippen LogP contribution is 2.24. The minimum absolute atomic E-state index is 0.0149. The number of carbonyl (C=O) groups excluding carboxylic acids is 1. The van der Waals surface area contributed by atoms with Crippen LogP contribution in [-0.4, -0.2) is 17.5 Å². The number of terminal acetylenes is 1. The molecule has 0 aliphatic rings. The Balaban J connectivity index is 2.03. The molecular formula is C16H11NO5. The van der Waals surface area contributed by atoms with Crippen molar-refractivity contribution in [1.29, 1.82) is 0 Å². The third-order valence-corrected chi connectivity index (χ3v) is 2.66. The van der Waals surface area contributed by atoms with E-state index in [-0.39, 0.29) is 12.3 Å². The minimum Gasteiger partial charge on any atom is -0.457 e. The summed E-state index contributed by atoms with van der Waals surface area (Å²) in [6.07, 6.45) is 5.00. The zero-order valence-corrected chi connectivity index (χ0v) is 11.4. The number of nitro groups is 1. The molecule has 22 heavy (non-hydrogen) atoms. The first-order chi connectivity index (χ1) is 10.6. The molecule has 0 bridgehead atoms. The standard InChI is InChI=1S/C16H11NO5/c1-2-11-21-16(18)12-3-7-14(8-4-12)22-15-9-5-13(6-10-15)17(19)20/h1,3-10H,11H2. The summed E-state index contributed by atoms with van der Waals surface area (Å²) in [6, 6.07) is 11.9. The Morgan fingerprint density at radius 3 is 2.14 bits per heavy atom. The number of nitrogens with zero attached hydrogens (tertiary/aromatic N) is 1. The summed E-state index contributed by atoms with van der Waals surface area (Å²) in [5, 5.41) is 10.6. The first kappa shape index (κ1) is 15.1. The Hall–Kier alpha value is -3.33. The van der Waals surface area contributed by atoms with Gasteiger partial charge in [0.05, 0.1) is 10.5 Å². The number of carbonyl (C=O) groups is 1. The van der Waals surface area contributed by atoms with Crippen LogP contribution in [0.1, 0.15) is 10.4 Å². The van der Waals surface area contributed by atoms with E-state index in [0.717, 1.165) is 0 Å². The van der Waals surface area contributed by atoms with E-state index in [2.05, 4.69) is 5.92 Å². The lowest BCUT2D eigenvalue weighted by Crippen LogP contribution is -2.04. The van der Waals surface area contributed by atoms with E-state index >= 15 is 0 Å². The quantitative estimate of drug-likeness (QED) is 0.366. The highest BCUT2D eigenvalue weighted by molar-refractivity contribution is 5.89. The summed E-state index contributed by atoms with van der Waals surface area (Å²) in [5.74, 6) is 2.64. The Morgan fingerprint density at radius 1 is 1.09 bits per heavy atom. The molecule has 2 aromatic rings. The van der Waals surface area contributed by atoms with Crippen LogP contribution in [0.3, 0.4) is 0 Å². The first-order valence-electron chi connectivity index (χ1n) is 6.23. The molecule has 0 aliphatic heterocycles. The van der Waals surface area contributed by atoms with Crippen molar-refractivity contribution >= 4 is 11.7 Å². The Labute approximate surface area is 126 Å². The second kappa shape index (κ2) is 6.90. The van der Waals surface area contributed by atoms with Gasteiger partial charge in [-0.25, -0.2) is 4.79 Å². The molecule has 0 spiro atoms. The summed E-state index contributed by atoms with van der Waals surface area (Å²) < 4.78 is 10.3. The van der Waals surface area contributed by atoms with Crippen LogP contribution in [0.25, 0.3) is 0 Å². The summed E-state index contributed by atoms with van der Waals surface area (Å²) in [4.78, 5) is 21.6. The molecule has 0 aliphatic carbocycles. The van der Waals surface area contributed by atoms with Crippen LogP contribution in [-0.2, 0) is 4.74 Å². The number of nitro benzene ring substituents is 1. The van der Waals surface area contributed by atoms with E-state index in [4.69, 9.17) is 15.9 Å². The molecule has 6 nitrogen and oxygen atoms in total. The summed E-state index contributed by atoms with van der Waals surface area (Å²) >= 11 is 0. The summed E-state index contributed by atoms with van der Waals surface area (Å²) in [6.45, 7) is -0.0835. The lowest BCUT2D eigenvalue weighted by atomic mass is 10.2. The van der Waals surface area contributed by atoms with Crippen molar-refractivity contribution in [3.8, 4) is 23.8 Å². The van der Waals surface area contributed by atoms with Crippen molar-refractivity contribution in [2.75, 3.05) is 6.61 Å². The molecule has 0 fully saturated rings. The average molecular weight is 297 g/mol. The maximum absolute atomic E-state index is 11.6. The van der Waals surface area contributed by atoms with Gasteiger partial charge in [-0.15, -0.1) is 6.42 Å². The molecule has 0 saturated heterocycles. The molecule has 0 atom stereocenters. The van der Waals surface area contributed by atoms with Crippen molar-refractivity contribution in [3.05, 3.63) is 64.2 Å². The second-order valence-corrected chi connectivity index (χ2v) is 4.16. The van der Waals surface area contributed by atoms with Gasteiger partial charge in [0.2, 0.25) is 0 Å². The van der Waals surface area contributed by atoms with Gasteiger partial charge in [-0.1, -0.05) is 5.92 Å². The fourth-order valence-corrected chi connectivity index (χ4v) is 1.62. The molecule has 2 rings (SSSR count). The fourth-order valence-electron chi connectivity index (χ4n) is 1.62. The van der Waals surface area contributed by atoms with Crippen LogP contribution < -0.4 is 4.74 Å².